The van der Waals surface area contributed by atoms with Crippen molar-refractivity contribution in [3.05, 3.63) is 114 Å². The molecule has 8 heteroatoms. The van der Waals surface area contributed by atoms with Gasteiger partial charge in [0.2, 0.25) is 0 Å². The first-order chi connectivity index (χ1) is 22.7. The molecule has 246 valence electrons. The number of carbonyl (C=O) groups excluding carboxylic acids is 2. The third-order valence-electron chi connectivity index (χ3n) is 8.32. The van der Waals surface area contributed by atoms with Crippen LogP contribution in [-0.2, 0) is 24.4 Å². The summed E-state index contributed by atoms with van der Waals surface area (Å²) in [5.74, 6) is 0.676. The molecule has 0 spiro atoms. The predicted molar refractivity (Wildman–Crippen MR) is 186 cm³/mol. The maximum absolute atomic E-state index is 13.5. The molecule has 0 atom stereocenters. The van der Waals surface area contributed by atoms with Crippen molar-refractivity contribution in [2.75, 3.05) is 12.4 Å². The minimum atomic E-state index is -0.532. The largest absolute Gasteiger partial charge is 0.497 e. The summed E-state index contributed by atoms with van der Waals surface area (Å²) < 4.78 is 11.1. The zero-order chi connectivity index (χ0) is 33.2. The summed E-state index contributed by atoms with van der Waals surface area (Å²) in [6.45, 7) is 7.11. The summed E-state index contributed by atoms with van der Waals surface area (Å²) in [6.07, 6.45) is 8.83. The van der Waals surface area contributed by atoms with E-state index in [-0.39, 0.29) is 18.2 Å². The van der Waals surface area contributed by atoms with Gasteiger partial charge in [0.1, 0.15) is 11.4 Å². The Kier molecular flexibility index (Phi) is 11.1. The van der Waals surface area contributed by atoms with Crippen LogP contribution < -0.4 is 10.1 Å². The molecule has 1 fully saturated rings. The van der Waals surface area contributed by atoms with Crippen molar-refractivity contribution in [1.82, 2.24) is 14.8 Å². The highest BCUT2D eigenvalue weighted by molar-refractivity contribution is 5.89. The van der Waals surface area contributed by atoms with E-state index < -0.39 is 5.60 Å². The van der Waals surface area contributed by atoms with Crippen LogP contribution in [0.5, 0.6) is 5.75 Å². The number of nitrogens with one attached hydrogen (secondary N) is 1. The number of methoxy groups -OCH3 is 1. The van der Waals surface area contributed by atoms with E-state index in [9.17, 15) is 9.59 Å². The van der Waals surface area contributed by atoms with E-state index in [1.54, 1.807) is 30.5 Å². The zero-order valence-electron chi connectivity index (χ0n) is 27.9. The van der Waals surface area contributed by atoms with E-state index >= 15 is 0 Å². The summed E-state index contributed by atoms with van der Waals surface area (Å²) in [7, 11) is 1.60. The van der Waals surface area contributed by atoms with Crippen molar-refractivity contribution in [2.24, 2.45) is 0 Å². The fourth-order valence-electron chi connectivity index (χ4n) is 5.89. The Morgan fingerprint density at radius 2 is 1.45 bits per heavy atom. The van der Waals surface area contributed by atoms with Crippen molar-refractivity contribution in [3.8, 4) is 16.9 Å². The van der Waals surface area contributed by atoms with Crippen molar-refractivity contribution in [1.29, 1.82) is 0 Å². The molecule has 8 nitrogen and oxygen atoms in total. The number of urea groups is 1. The molecule has 1 aliphatic carbocycles. The molecule has 0 unspecified atom stereocenters. The Labute approximate surface area is 278 Å². The van der Waals surface area contributed by atoms with Gasteiger partial charge >= 0.3 is 12.1 Å². The standard InChI is InChI=1S/C39H46N4O4/c1-39(2,3)47-38(45)43(35-12-6-5-7-13-35)28-30-17-21-33(22-18-30)32-19-15-29(16-20-32)26-42(27-31-10-9-23-40-25-31)37(44)41-34-11-8-14-36(24-34)46-4/h8-11,14-25,35H,5-7,12-13,26-28H2,1-4H3,(H,41,44). The molecule has 4 aromatic rings. The number of hydrogen-bond acceptors (Lipinski definition) is 5. The molecule has 5 rings (SSSR count). The van der Waals surface area contributed by atoms with Crippen molar-refractivity contribution in [2.45, 2.75) is 84.2 Å². The monoisotopic (exact) mass is 634 g/mol. The number of benzene rings is 3. The minimum absolute atomic E-state index is 0.209. The molecule has 3 amide bonds. The van der Waals surface area contributed by atoms with Gasteiger partial charge in [-0.05, 0) is 79.6 Å². The first-order valence-corrected chi connectivity index (χ1v) is 16.4. The van der Waals surface area contributed by atoms with Crippen LogP contribution in [0, 0.1) is 0 Å². The summed E-state index contributed by atoms with van der Waals surface area (Å²) in [5.41, 5.74) is 5.33. The van der Waals surface area contributed by atoms with Gasteiger partial charge in [0.05, 0.1) is 7.11 Å². The smallest absolute Gasteiger partial charge is 0.410 e. The number of carbonyl (C=O) groups is 2. The van der Waals surface area contributed by atoms with E-state index in [0.29, 0.717) is 31.1 Å². The van der Waals surface area contributed by atoms with E-state index in [4.69, 9.17) is 9.47 Å². The molecule has 1 aromatic heterocycles. The number of amides is 3. The molecule has 3 aromatic carbocycles. The van der Waals surface area contributed by atoms with E-state index in [1.165, 1.54) is 6.42 Å². The lowest BCUT2D eigenvalue weighted by Crippen LogP contribution is -2.43. The minimum Gasteiger partial charge on any atom is -0.497 e. The van der Waals surface area contributed by atoms with Crippen LogP contribution in [0.1, 0.15) is 69.6 Å². The van der Waals surface area contributed by atoms with Gasteiger partial charge in [-0.25, -0.2) is 9.59 Å². The highest BCUT2D eigenvalue weighted by atomic mass is 16.6. The third-order valence-corrected chi connectivity index (χ3v) is 8.32. The average molecular weight is 635 g/mol. The highest BCUT2D eigenvalue weighted by Gasteiger charge is 2.29. The molecule has 0 aliphatic heterocycles. The summed E-state index contributed by atoms with van der Waals surface area (Å²) >= 11 is 0. The number of hydrogen-bond donors (Lipinski definition) is 1. The number of aromatic nitrogens is 1. The maximum Gasteiger partial charge on any atom is 0.410 e. The molecular weight excluding hydrogens is 588 g/mol. The van der Waals surface area contributed by atoms with E-state index in [1.807, 2.05) is 56.0 Å². The van der Waals surface area contributed by atoms with E-state index in [2.05, 4.69) is 58.8 Å². The predicted octanol–water partition coefficient (Wildman–Crippen LogP) is 9.06. The zero-order valence-corrected chi connectivity index (χ0v) is 27.9. The fraction of sp³-hybridized carbons (Fsp3) is 0.359. The van der Waals surface area contributed by atoms with Gasteiger partial charge in [-0.15, -0.1) is 0 Å². The van der Waals surface area contributed by atoms with Crippen molar-refractivity contribution in [3.63, 3.8) is 0 Å². The van der Waals surface area contributed by atoms with Gasteiger partial charge in [-0.1, -0.05) is 79.9 Å². The van der Waals surface area contributed by atoms with Crippen LogP contribution in [0.15, 0.2) is 97.3 Å². The molecule has 0 saturated heterocycles. The second-order valence-electron chi connectivity index (χ2n) is 13.2. The van der Waals surface area contributed by atoms with Crippen LogP contribution in [0.4, 0.5) is 15.3 Å². The molecule has 0 bridgehead atoms. The first kappa shape index (κ1) is 33.5. The molecule has 1 saturated carbocycles. The fourth-order valence-corrected chi connectivity index (χ4v) is 5.89. The summed E-state index contributed by atoms with van der Waals surface area (Å²) in [6, 6.07) is 27.9. The Balaban J connectivity index is 1.27. The van der Waals surface area contributed by atoms with Crippen LogP contribution >= 0.6 is 0 Å². The molecule has 0 radical (unpaired) electrons. The Morgan fingerprint density at radius 1 is 0.809 bits per heavy atom. The highest BCUT2D eigenvalue weighted by Crippen LogP contribution is 2.28. The summed E-state index contributed by atoms with van der Waals surface area (Å²) in [5, 5.41) is 3.01. The normalized spacial score (nSPS) is 13.4. The lowest BCUT2D eigenvalue weighted by Gasteiger charge is -2.35. The molecular formula is C39H46N4O4. The lowest BCUT2D eigenvalue weighted by atomic mass is 9.94. The van der Waals surface area contributed by atoms with Gasteiger partial charge in [0.15, 0.2) is 0 Å². The SMILES string of the molecule is COc1cccc(NC(=O)N(Cc2ccc(-c3ccc(CN(C(=O)OC(C)(C)C)C4CCCCC4)cc3)cc2)Cc2cccnc2)c1. The number of anilines is 1. The topological polar surface area (TPSA) is 84.0 Å². The Morgan fingerprint density at radius 3 is 2.04 bits per heavy atom. The van der Waals surface area contributed by atoms with Crippen LogP contribution in [0.2, 0.25) is 0 Å². The Bertz CT molecular complexity index is 1600. The van der Waals surface area contributed by atoms with Crippen LogP contribution in [0.3, 0.4) is 0 Å². The molecule has 1 heterocycles. The van der Waals surface area contributed by atoms with E-state index in [0.717, 1.165) is 53.5 Å². The van der Waals surface area contributed by atoms with Gasteiger partial charge in [0, 0.05) is 49.8 Å². The number of pyridine rings is 1. The maximum atomic E-state index is 13.5. The van der Waals surface area contributed by atoms with Crippen LogP contribution in [0.25, 0.3) is 11.1 Å². The lowest BCUT2D eigenvalue weighted by molar-refractivity contribution is 0.00988. The number of ether oxygens (including phenoxy) is 2. The average Bonchev–Trinajstić information content (AvgIpc) is 3.07. The van der Waals surface area contributed by atoms with Gasteiger partial charge in [-0.2, -0.15) is 0 Å². The summed E-state index contributed by atoms with van der Waals surface area (Å²) in [4.78, 5) is 34.6. The number of rotatable bonds is 10. The first-order valence-electron chi connectivity index (χ1n) is 16.4. The van der Waals surface area contributed by atoms with Crippen molar-refractivity contribution >= 4 is 17.8 Å². The second kappa shape index (κ2) is 15.6. The third kappa shape index (κ3) is 9.82. The molecule has 1 aliphatic rings. The van der Waals surface area contributed by atoms with Gasteiger partial charge < -0.3 is 24.6 Å². The van der Waals surface area contributed by atoms with Gasteiger partial charge in [0.25, 0.3) is 0 Å². The van der Waals surface area contributed by atoms with Gasteiger partial charge in [-0.3, -0.25) is 4.98 Å². The van der Waals surface area contributed by atoms with Crippen LogP contribution in [-0.4, -0.2) is 45.7 Å². The molecule has 47 heavy (non-hydrogen) atoms. The quantitative estimate of drug-likeness (QED) is 0.188. The number of nitrogens with zero attached hydrogens (tertiary/aromatic N) is 3. The molecule has 1 N–H and O–H groups in total. The second-order valence-corrected chi connectivity index (χ2v) is 13.2. The Hall–Kier alpha value is -4.85. The van der Waals surface area contributed by atoms with Crippen molar-refractivity contribution < 1.29 is 19.1 Å².